The van der Waals surface area contributed by atoms with Gasteiger partial charge in [0.15, 0.2) is 0 Å². The van der Waals surface area contributed by atoms with Crippen molar-refractivity contribution in [2.45, 2.75) is 41.0 Å². The van der Waals surface area contributed by atoms with Crippen molar-refractivity contribution in [3.8, 4) is 0 Å². The molecule has 0 atom stereocenters. The van der Waals surface area contributed by atoms with Crippen LogP contribution < -0.4 is 5.32 Å². The van der Waals surface area contributed by atoms with Crippen molar-refractivity contribution in [1.29, 1.82) is 0 Å². The van der Waals surface area contributed by atoms with Gasteiger partial charge in [-0.1, -0.05) is 20.8 Å². The van der Waals surface area contributed by atoms with E-state index in [4.69, 9.17) is 8.85 Å². The first-order chi connectivity index (χ1) is 7.26. The summed E-state index contributed by atoms with van der Waals surface area (Å²) < 4.78 is 10.7. The molecule has 0 aliphatic carbocycles. The molecular weight excluding hydrogens is 206 g/mol. The molecule has 0 aliphatic rings. The van der Waals surface area contributed by atoms with Crippen molar-refractivity contribution in [2.24, 2.45) is 0 Å². The van der Waals surface area contributed by atoms with Gasteiger partial charge in [0.1, 0.15) is 0 Å². The van der Waals surface area contributed by atoms with Crippen LogP contribution in [0.1, 0.15) is 41.0 Å². The highest BCUT2D eigenvalue weighted by molar-refractivity contribution is 6.54. The van der Waals surface area contributed by atoms with E-state index in [1.165, 1.54) is 0 Å². The predicted octanol–water partition coefficient (Wildman–Crippen LogP) is 1.96. The fourth-order valence-corrected chi connectivity index (χ4v) is 2.08. The van der Waals surface area contributed by atoms with Gasteiger partial charge in [0.05, 0.1) is 13.2 Å². The summed E-state index contributed by atoms with van der Waals surface area (Å²) in [7, 11) is -1.02. The van der Waals surface area contributed by atoms with Gasteiger partial charge in [-0.15, -0.1) is 0 Å². The van der Waals surface area contributed by atoms with Gasteiger partial charge in [0, 0.05) is 0 Å². The van der Waals surface area contributed by atoms with Crippen LogP contribution in [0, 0.1) is 0 Å². The second-order valence-corrected chi connectivity index (χ2v) is 4.38. The first kappa shape index (κ1) is 17.1. The maximum absolute atomic E-state index is 5.35. The van der Waals surface area contributed by atoms with Gasteiger partial charge in [0.2, 0.25) is 0 Å². The van der Waals surface area contributed by atoms with Crippen molar-refractivity contribution in [3.05, 3.63) is 0 Å². The van der Waals surface area contributed by atoms with Crippen LogP contribution >= 0.6 is 0 Å². The molecule has 0 amide bonds. The minimum Gasteiger partial charge on any atom is -0.524 e. The normalized spacial score (nSPS) is 8.60. The molecule has 0 radical (unpaired) electrons. The van der Waals surface area contributed by atoms with Gasteiger partial charge in [-0.25, -0.2) is 0 Å². The summed E-state index contributed by atoms with van der Waals surface area (Å²) in [4.78, 5) is 0. The van der Waals surface area contributed by atoms with Crippen LogP contribution in [0.25, 0.3) is 0 Å². The molecule has 0 heterocycles. The molecule has 4 heteroatoms. The number of nitrogens with one attached hydrogen (secondary N) is 1. The van der Waals surface area contributed by atoms with E-state index in [1.807, 2.05) is 13.8 Å². The van der Waals surface area contributed by atoms with E-state index >= 15 is 0 Å². The lowest BCUT2D eigenvalue weighted by Crippen LogP contribution is -2.15. The Labute approximate surface area is 96.6 Å². The second-order valence-electron chi connectivity index (χ2n) is 2.75. The van der Waals surface area contributed by atoms with Gasteiger partial charge in [0.25, 0.3) is 0 Å². The Bertz CT molecular complexity index is 131. The molecule has 15 heavy (non-hydrogen) atoms. The molecule has 0 spiro atoms. The first-order valence-corrected chi connectivity index (χ1v) is 7.32. The highest BCUT2D eigenvalue weighted by atomic mass is 28.3. The largest absolute Gasteiger partial charge is 0.524 e. The van der Waals surface area contributed by atoms with Crippen molar-refractivity contribution in [1.82, 2.24) is 5.32 Å². The summed E-state index contributed by atoms with van der Waals surface area (Å²) >= 11 is 0. The van der Waals surface area contributed by atoms with Gasteiger partial charge in [-0.2, -0.15) is 0 Å². The third-order valence-electron chi connectivity index (χ3n) is 1.44. The molecule has 0 aromatic rings. The standard InChI is InChI=1S/C7H16O2Si.C4H11N/c1-4-7-10(8-5-2)9-6-3;1-3-5-4-2/h7H,4-6H2,1-3H3;5H,3-4H2,1-2H3. The molecular formula is C11H27NO2Si. The zero-order valence-corrected chi connectivity index (χ0v) is 11.9. The average Bonchev–Trinajstić information content (AvgIpc) is 2.21. The summed E-state index contributed by atoms with van der Waals surface area (Å²) in [6, 6.07) is 0. The number of hydrogen-bond acceptors (Lipinski definition) is 3. The Morgan fingerprint density at radius 3 is 1.60 bits per heavy atom. The maximum Gasteiger partial charge on any atom is 0.475 e. The van der Waals surface area contributed by atoms with Crippen LogP contribution in [0.3, 0.4) is 0 Å². The summed E-state index contributed by atoms with van der Waals surface area (Å²) in [6.45, 7) is 14.0. The van der Waals surface area contributed by atoms with E-state index in [0.717, 1.165) is 32.7 Å². The average molecular weight is 233 g/mol. The topological polar surface area (TPSA) is 30.5 Å². The van der Waals surface area contributed by atoms with E-state index in [9.17, 15) is 0 Å². The van der Waals surface area contributed by atoms with Crippen LogP contribution in [0.2, 0.25) is 0 Å². The molecule has 0 aromatic heterocycles. The first-order valence-electron chi connectivity index (χ1n) is 5.93. The van der Waals surface area contributed by atoms with Crippen LogP contribution in [0.5, 0.6) is 0 Å². The van der Waals surface area contributed by atoms with Crippen molar-refractivity contribution in [2.75, 3.05) is 26.3 Å². The molecule has 0 fully saturated rings. The molecule has 0 bridgehead atoms. The summed E-state index contributed by atoms with van der Waals surface area (Å²) in [5, 5.41) is 3.11. The van der Waals surface area contributed by atoms with Crippen LogP contribution in [-0.4, -0.2) is 40.9 Å². The quantitative estimate of drug-likeness (QED) is 0.682. The molecule has 0 aromatic carbocycles. The zero-order chi connectivity index (χ0) is 11.9. The lowest BCUT2D eigenvalue weighted by molar-refractivity contribution is 0.235. The van der Waals surface area contributed by atoms with E-state index in [0.29, 0.717) is 0 Å². The monoisotopic (exact) mass is 233 g/mol. The summed E-state index contributed by atoms with van der Waals surface area (Å²) in [5.41, 5.74) is 2.12. The molecule has 0 rings (SSSR count). The SMILES string of the molecule is CCC=[Si](OCC)OCC.CCNCC. The predicted molar refractivity (Wildman–Crippen MR) is 69.6 cm³/mol. The molecule has 0 saturated heterocycles. The van der Waals surface area contributed by atoms with Crippen molar-refractivity contribution in [3.63, 3.8) is 0 Å². The molecule has 1 N–H and O–H groups in total. The number of rotatable bonds is 7. The van der Waals surface area contributed by atoms with Gasteiger partial charge < -0.3 is 14.2 Å². The van der Waals surface area contributed by atoms with E-state index in [-0.39, 0.29) is 0 Å². The Morgan fingerprint density at radius 1 is 0.933 bits per heavy atom. The van der Waals surface area contributed by atoms with Gasteiger partial charge >= 0.3 is 8.90 Å². The van der Waals surface area contributed by atoms with E-state index in [2.05, 4.69) is 31.8 Å². The minimum atomic E-state index is -1.02. The minimum absolute atomic E-state index is 0.755. The van der Waals surface area contributed by atoms with E-state index < -0.39 is 8.90 Å². The molecule has 92 valence electrons. The molecule has 0 unspecified atom stereocenters. The lowest BCUT2D eigenvalue weighted by Gasteiger charge is -2.06. The Balaban J connectivity index is 0. The fraction of sp³-hybridized carbons (Fsp3) is 0.909. The highest BCUT2D eigenvalue weighted by Crippen LogP contribution is 1.81. The van der Waals surface area contributed by atoms with Crippen molar-refractivity contribution >= 4 is 14.6 Å². The lowest BCUT2D eigenvalue weighted by atomic mass is 10.6. The smallest absolute Gasteiger partial charge is 0.475 e. The van der Waals surface area contributed by atoms with Crippen LogP contribution in [-0.2, 0) is 8.85 Å². The van der Waals surface area contributed by atoms with Crippen molar-refractivity contribution < 1.29 is 8.85 Å². The third kappa shape index (κ3) is 16.3. The van der Waals surface area contributed by atoms with E-state index in [1.54, 1.807) is 0 Å². The molecule has 0 aliphatic heterocycles. The Kier molecular flexibility index (Phi) is 18.3. The second kappa shape index (κ2) is 16.1. The Morgan fingerprint density at radius 2 is 1.40 bits per heavy atom. The Hall–Kier alpha value is -0.353. The third-order valence-corrected chi connectivity index (χ3v) is 3.33. The van der Waals surface area contributed by atoms with Crippen LogP contribution in [0.4, 0.5) is 0 Å². The van der Waals surface area contributed by atoms with Gasteiger partial charge in [-0.05, 0) is 39.0 Å². The zero-order valence-electron chi connectivity index (χ0n) is 10.9. The van der Waals surface area contributed by atoms with Crippen LogP contribution in [0.15, 0.2) is 0 Å². The summed E-state index contributed by atoms with van der Waals surface area (Å²) in [6.07, 6.45) is 1.04. The fourth-order valence-electron chi connectivity index (χ4n) is 0.861. The summed E-state index contributed by atoms with van der Waals surface area (Å²) in [5.74, 6) is 0. The number of hydrogen-bond donors (Lipinski definition) is 1. The van der Waals surface area contributed by atoms with Gasteiger partial charge in [-0.3, -0.25) is 0 Å². The molecule has 0 saturated carbocycles. The molecule has 3 nitrogen and oxygen atoms in total. The highest BCUT2D eigenvalue weighted by Gasteiger charge is 1.98. The maximum atomic E-state index is 5.35.